The summed E-state index contributed by atoms with van der Waals surface area (Å²) in [7, 11) is 0. The molecule has 0 saturated heterocycles. The van der Waals surface area contributed by atoms with E-state index < -0.39 is 0 Å². The van der Waals surface area contributed by atoms with Crippen LogP contribution >= 0.6 is 22.6 Å². The number of hydrogen-bond acceptors (Lipinski definition) is 0. The van der Waals surface area contributed by atoms with E-state index in [1.807, 2.05) is 0 Å². The molecule has 0 aliphatic carbocycles. The van der Waals surface area contributed by atoms with E-state index in [4.69, 9.17) is 6.42 Å². The average molecular weight is 194 g/mol. The van der Waals surface area contributed by atoms with Crippen LogP contribution in [0.4, 0.5) is 0 Å². The van der Waals surface area contributed by atoms with Crippen molar-refractivity contribution in [3.05, 3.63) is 0 Å². The fourth-order valence-corrected chi connectivity index (χ4v) is 0.118. The first-order chi connectivity index (χ1) is 2.81. The number of rotatable bonds is 1. The largest absolute Gasteiger partial charge is 0.119 e. The van der Waals surface area contributed by atoms with E-state index in [1.165, 1.54) is 0 Å². The maximum atomic E-state index is 5.03. The molecule has 0 amide bonds. The standard InChI is InChI=1S/C5H7I/c1-3-5(6)4-2/h1,5H,4H2,2H3. The van der Waals surface area contributed by atoms with Crippen LogP contribution in [-0.4, -0.2) is 3.92 Å². The van der Waals surface area contributed by atoms with Gasteiger partial charge in [0.25, 0.3) is 0 Å². The molecule has 0 saturated carbocycles. The molecule has 0 spiro atoms. The first kappa shape index (κ1) is 6.29. The van der Waals surface area contributed by atoms with Gasteiger partial charge in [-0.05, 0) is 6.42 Å². The predicted octanol–water partition coefficient (Wildman–Crippen LogP) is 1.83. The van der Waals surface area contributed by atoms with Crippen molar-refractivity contribution >= 4 is 22.6 Å². The Bertz CT molecular complexity index is 60.8. The zero-order chi connectivity index (χ0) is 4.99. The molecular formula is C5H7I. The molecule has 0 aliphatic rings. The van der Waals surface area contributed by atoms with E-state index in [0.29, 0.717) is 3.92 Å². The maximum absolute atomic E-state index is 5.03. The fourth-order valence-electron chi connectivity index (χ4n) is 0.118. The third kappa shape index (κ3) is 2.52. The van der Waals surface area contributed by atoms with E-state index in [-0.39, 0.29) is 0 Å². The van der Waals surface area contributed by atoms with Gasteiger partial charge in [-0.2, -0.15) is 0 Å². The molecule has 0 aromatic heterocycles. The van der Waals surface area contributed by atoms with Gasteiger partial charge in [0, 0.05) is 0 Å². The normalized spacial score (nSPS) is 12.8. The van der Waals surface area contributed by atoms with Gasteiger partial charge in [0.2, 0.25) is 0 Å². The van der Waals surface area contributed by atoms with Gasteiger partial charge in [0.15, 0.2) is 0 Å². The highest BCUT2D eigenvalue weighted by Gasteiger charge is 1.87. The van der Waals surface area contributed by atoms with Crippen LogP contribution in [0.3, 0.4) is 0 Å². The summed E-state index contributed by atoms with van der Waals surface area (Å²) in [5, 5.41) is 0. The third-order valence-corrected chi connectivity index (χ3v) is 1.78. The van der Waals surface area contributed by atoms with Crippen molar-refractivity contribution in [2.75, 3.05) is 0 Å². The Morgan fingerprint density at radius 3 is 2.50 bits per heavy atom. The van der Waals surface area contributed by atoms with Crippen molar-refractivity contribution in [3.63, 3.8) is 0 Å². The van der Waals surface area contributed by atoms with Gasteiger partial charge < -0.3 is 0 Å². The second-order valence-electron chi connectivity index (χ2n) is 1.04. The molecule has 0 nitrogen and oxygen atoms in total. The van der Waals surface area contributed by atoms with Crippen LogP contribution in [0.1, 0.15) is 13.3 Å². The van der Waals surface area contributed by atoms with Crippen LogP contribution in [0, 0.1) is 12.3 Å². The quantitative estimate of drug-likeness (QED) is 0.339. The summed E-state index contributed by atoms with van der Waals surface area (Å²) in [5.41, 5.74) is 0. The molecule has 0 fully saturated rings. The molecule has 0 heterocycles. The van der Waals surface area contributed by atoms with E-state index in [1.54, 1.807) is 0 Å². The zero-order valence-electron chi connectivity index (χ0n) is 3.74. The minimum atomic E-state index is 0.433. The lowest BCUT2D eigenvalue weighted by atomic mass is 10.4. The van der Waals surface area contributed by atoms with Gasteiger partial charge >= 0.3 is 0 Å². The van der Waals surface area contributed by atoms with Crippen LogP contribution < -0.4 is 0 Å². The topological polar surface area (TPSA) is 0 Å². The van der Waals surface area contributed by atoms with E-state index in [9.17, 15) is 0 Å². The molecule has 34 valence electrons. The van der Waals surface area contributed by atoms with Crippen LogP contribution in [0.15, 0.2) is 0 Å². The lowest BCUT2D eigenvalue weighted by Crippen LogP contribution is -1.84. The smallest absolute Gasteiger partial charge is 0.0713 e. The zero-order valence-corrected chi connectivity index (χ0v) is 5.90. The van der Waals surface area contributed by atoms with Gasteiger partial charge in [-0.3, -0.25) is 0 Å². The third-order valence-electron chi connectivity index (χ3n) is 0.539. The molecule has 0 rings (SSSR count). The number of alkyl halides is 1. The average Bonchev–Trinajstić information content (AvgIpc) is 1.65. The van der Waals surface area contributed by atoms with Crippen molar-refractivity contribution in [2.24, 2.45) is 0 Å². The Kier molecular flexibility index (Phi) is 3.65. The fraction of sp³-hybridized carbons (Fsp3) is 0.600. The van der Waals surface area contributed by atoms with Crippen molar-refractivity contribution in [2.45, 2.75) is 17.3 Å². The van der Waals surface area contributed by atoms with E-state index in [2.05, 4.69) is 35.4 Å². The lowest BCUT2D eigenvalue weighted by molar-refractivity contribution is 1.03. The van der Waals surface area contributed by atoms with Crippen molar-refractivity contribution in [3.8, 4) is 12.3 Å². The van der Waals surface area contributed by atoms with Gasteiger partial charge in [0.05, 0.1) is 3.92 Å². The van der Waals surface area contributed by atoms with Crippen molar-refractivity contribution in [1.29, 1.82) is 0 Å². The first-order valence-electron chi connectivity index (χ1n) is 1.91. The molecular weight excluding hydrogens is 187 g/mol. The second-order valence-corrected chi connectivity index (χ2v) is 2.55. The molecule has 0 aromatic rings. The van der Waals surface area contributed by atoms with Gasteiger partial charge in [-0.25, -0.2) is 0 Å². The summed E-state index contributed by atoms with van der Waals surface area (Å²) < 4.78 is 0.433. The van der Waals surface area contributed by atoms with Gasteiger partial charge in [-0.1, -0.05) is 35.4 Å². The number of halogens is 1. The minimum absolute atomic E-state index is 0.433. The summed E-state index contributed by atoms with van der Waals surface area (Å²) >= 11 is 2.23. The Hall–Kier alpha value is 0.290. The highest BCUT2D eigenvalue weighted by atomic mass is 127. The van der Waals surface area contributed by atoms with Crippen molar-refractivity contribution < 1.29 is 0 Å². The molecule has 1 heteroatoms. The summed E-state index contributed by atoms with van der Waals surface area (Å²) in [6.07, 6.45) is 6.11. The second kappa shape index (κ2) is 3.48. The Morgan fingerprint density at radius 1 is 2.00 bits per heavy atom. The van der Waals surface area contributed by atoms with Crippen molar-refractivity contribution in [1.82, 2.24) is 0 Å². The molecule has 0 bridgehead atoms. The highest BCUT2D eigenvalue weighted by Crippen LogP contribution is 2.00. The lowest BCUT2D eigenvalue weighted by Gasteiger charge is -1.88. The Morgan fingerprint density at radius 2 is 2.50 bits per heavy atom. The van der Waals surface area contributed by atoms with Crippen LogP contribution in [0.2, 0.25) is 0 Å². The monoisotopic (exact) mass is 194 g/mol. The summed E-state index contributed by atoms with van der Waals surface area (Å²) in [6, 6.07) is 0. The highest BCUT2D eigenvalue weighted by molar-refractivity contribution is 14.1. The number of terminal acetylenes is 1. The molecule has 0 aromatic carbocycles. The molecule has 0 N–H and O–H groups in total. The molecule has 1 atom stereocenters. The predicted molar refractivity (Wildman–Crippen MR) is 36.9 cm³/mol. The first-order valence-corrected chi connectivity index (χ1v) is 3.16. The molecule has 0 radical (unpaired) electrons. The summed E-state index contributed by atoms with van der Waals surface area (Å²) in [5.74, 6) is 2.60. The SMILES string of the molecule is C#CC(I)CC. The van der Waals surface area contributed by atoms with Crippen LogP contribution in [0.5, 0.6) is 0 Å². The molecule has 0 aliphatic heterocycles. The van der Waals surface area contributed by atoms with E-state index >= 15 is 0 Å². The van der Waals surface area contributed by atoms with E-state index in [0.717, 1.165) is 6.42 Å². The molecule has 6 heavy (non-hydrogen) atoms. The Labute approximate surface area is 52.5 Å². The molecule has 1 unspecified atom stereocenters. The van der Waals surface area contributed by atoms with Crippen LogP contribution in [0.25, 0.3) is 0 Å². The minimum Gasteiger partial charge on any atom is -0.119 e. The maximum Gasteiger partial charge on any atom is 0.0713 e. The summed E-state index contributed by atoms with van der Waals surface area (Å²) in [6.45, 7) is 2.08. The van der Waals surface area contributed by atoms with Gasteiger partial charge in [0.1, 0.15) is 0 Å². The number of hydrogen-bond donors (Lipinski definition) is 0. The van der Waals surface area contributed by atoms with Gasteiger partial charge in [-0.15, -0.1) is 6.42 Å². The Balaban J connectivity index is 3.04. The summed E-state index contributed by atoms with van der Waals surface area (Å²) in [4.78, 5) is 0. The van der Waals surface area contributed by atoms with Crippen LogP contribution in [-0.2, 0) is 0 Å².